The van der Waals surface area contributed by atoms with E-state index in [0.29, 0.717) is 19.4 Å². The summed E-state index contributed by atoms with van der Waals surface area (Å²) in [6.45, 7) is 4.93. The van der Waals surface area contributed by atoms with Gasteiger partial charge < -0.3 is 20.3 Å². The molecule has 0 rings (SSSR count). The first-order chi connectivity index (χ1) is 45.0. The Morgan fingerprint density at radius 3 is 0.857 bits per heavy atom. The van der Waals surface area contributed by atoms with Gasteiger partial charge >= 0.3 is 5.97 Å². The summed E-state index contributed by atoms with van der Waals surface area (Å²) in [5.74, 6) is -0.0483. The highest BCUT2D eigenvalue weighted by molar-refractivity contribution is 5.76. The molecule has 1 amide bonds. The lowest BCUT2D eigenvalue weighted by molar-refractivity contribution is -0.143. The van der Waals surface area contributed by atoms with E-state index in [1.807, 2.05) is 6.08 Å². The molecule has 0 heterocycles. The molecular formula is C85H163NO5. The molecule has 538 valence electrons. The summed E-state index contributed by atoms with van der Waals surface area (Å²) in [5, 5.41) is 23.3. The normalized spacial score (nSPS) is 12.6. The Balaban J connectivity index is 3.34. The van der Waals surface area contributed by atoms with Crippen molar-refractivity contribution in [2.45, 2.75) is 482 Å². The van der Waals surface area contributed by atoms with Crippen LogP contribution in [0.4, 0.5) is 0 Å². The largest absolute Gasteiger partial charge is 0.466 e. The van der Waals surface area contributed by atoms with E-state index in [0.717, 1.165) is 51.4 Å². The number of hydrogen-bond donors (Lipinski definition) is 3. The van der Waals surface area contributed by atoms with Crippen LogP contribution in [0, 0.1) is 0 Å². The highest BCUT2D eigenvalue weighted by Gasteiger charge is 2.18. The number of unbranched alkanes of at least 4 members (excludes halogenated alkanes) is 64. The van der Waals surface area contributed by atoms with Gasteiger partial charge in [0, 0.05) is 12.8 Å². The summed E-state index contributed by atoms with van der Waals surface area (Å²) in [7, 11) is 0. The van der Waals surface area contributed by atoms with Gasteiger partial charge in [-0.05, 0) is 64.2 Å². The number of aliphatic hydroxyl groups excluding tert-OH is 2. The third-order valence-corrected chi connectivity index (χ3v) is 19.7. The Bertz CT molecular complexity index is 1470. The van der Waals surface area contributed by atoms with Crippen molar-refractivity contribution in [1.29, 1.82) is 0 Å². The SMILES string of the molecule is CCCCC/C=C\C/C=C\CCCCCCCC(=O)OCCCCCCCCCCCCCCCCCCCCCCCCCCCCCCCCCCCCCC(=O)NC(CO)C(O)/C=C/CCCCCCCCCCCCCCCCCCCCCCCC. The number of esters is 1. The predicted octanol–water partition coefficient (Wildman–Crippen LogP) is 27.8. The fourth-order valence-electron chi connectivity index (χ4n) is 13.3. The van der Waals surface area contributed by atoms with E-state index < -0.39 is 12.1 Å². The average molecular weight is 1280 g/mol. The number of carbonyl (C=O) groups is 2. The Kier molecular flexibility index (Phi) is 78.8. The Morgan fingerprint density at radius 1 is 0.308 bits per heavy atom. The number of nitrogens with one attached hydrogen (secondary N) is 1. The van der Waals surface area contributed by atoms with E-state index in [-0.39, 0.29) is 18.5 Å². The van der Waals surface area contributed by atoms with E-state index in [9.17, 15) is 19.8 Å². The first-order valence-electron chi connectivity index (χ1n) is 41.8. The lowest BCUT2D eigenvalue weighted by Crippen LogP contribution is -2.45. The molecule has 0 aliphatic heterocycles. The lowest BCUT2D eigenvalue weighted by atomic mass is 10.0. The van der Waals surface area contributed by atoms with Gasteiger partial charge in [0.05, 0.1) is 25.4 Å². The molecule has 0 aromatic carbocycles. The monoisotopic (exact) mass is 1280 g/mol. The molecule has 0 aliphatic rings. The first-order valence-corrected chi connectivity index (χ1v) is 41.8. The van der Waals surface area contributed by atoms with E-state index in [2.05, 4.69) is 43.5 Å². The maximum absolute atomic E-state index is 12.6. The number of allylic oxidation sites excluding steroid dienone is 5. The van der Waals surface area contributed by atoms with Gasteiger partial charge in [0.15, 0.2) is 0 Å². The molecule has 3 N–H and O–H groups in total. The summed E-state index contributed by atoms with van der Waals surface area (Å²) in [5.41, 5.74) is 0. The van der Waals surface area contributed by atoms with Crippen molar-refractivity contribution in [3.8, 4) is 0 Å². The van der Waals surface area contributed by atoms with Crippen LogP contribution in [-0.2, 0) is 14.3 Å². The smallest absolute Gasteiger partial charge is 0.305 e. The van der Waals surface area contributed by atoms with Crippen molar-refractivity contribution in [2.75, 3.05) is 13.2 Å². The molecule has 2 atom stereocenters. The van der Waals surface area contributed by atoms with Crippen LogP contribution in [-0.4, -0.2) is 47.4 Å². The number of aliphatic hydroxyl groups is 2. The molecule has 6 nitrogen and oxygen atoms in total. The number of ether oxygens (including phenoxy) is 1. The molecule has 0 saturated heterocycles. The molecule has 0 radical (unpaired) electrons. The van der Waals surface area contributed by atoms with Crippen LogP contribution < -0.4 is 5.32 Å². The molecule has 2 unspecified atom stereocenters. The molecule has 0 spiro atoms. The van der Waals surface area contributed by atoms with Crippen molar-refractivity contribution in [3.63, 3.8) is 0 Å². The van der Waals surface area contributed by atoms with Crippen LogP contribution in [0.3, 0.4) is 0 Å². The Hall–Kier alpha value is -1.92. The third-order valence-electron chi connectivity index (χ3n) is 19.7. The van der Waals surface area contributed by atoms with Crippen molar-refractivity contribution >= 4 is 11.9 Å². The summed E-state index contributed by atoms with van der Waals surface area (Å²) in [4.78, 5) is 24.6. The van der Waals surface area contributed by atoms with Crippen LogP contribution in [0.15, 0.2) is 36.5 Å². The number of carbonyl (C=O) groups excluding carboxylic acids is 2. The predicted molar refractivity (Wildman–Crippen MR) is 403 cm³/mol. The minimum Gasteiger partial charge on any atom is -0.466 e. The summed E-state index contributed by atoms with van der Waals surface area (Å²) >= 11 is 0. The second-order valence-electron chi connectivity index (χ2n) is 28.8. The van der Waals surface area contributed by atoms with Gasteiger partial charge in [0.2, 0.25) is 5.91 Å². The second-order valence-corrected chi connectivity index (χ2v) is 28.8. The van der Waals surface area contributed by atoms with E-state index in [4.69, 9.17) is 4.74 Å². The van der Waals surface area contributed by atoms with Gasteiger partial charge in [-0.1, -0.05) is 429 Å². The Labute approximate surface area is 570 Å². The molecule has 0 fully saturated rings. The van der Waals surface area contributed by atoms with Crippen LogP contribution in [0.1, 0.15) is 470 Å². The minimum atomic E-state index is -0.842. The van der Waals surface area contributed by atoms with E-state index in [1.54, 1.807) is 6.08 Å². The molecular weight excluding hydrogens is 1110 g/mol. The van der Waals surface area contributed by atoms with Crippen molar-refractivity contribution < 1.29 is 24.5 Å². The topological polar surface area (TPSA) is 95.9 Å². The van der Waals surface area contributed by atoms with Gasteiger partial charge in [0.25, 0.3) is 0 Å². The minimum absolute atomic E-state index is 0.00908. The van der Waals surface area contributed by atoms with E-state index >= 15 is 0 Å². The highest BCUT2D eigenvalue weighted by Crippen LogP contribution is 2.20. The van der Waals surface area contributed by atoms with Gasteiger partial charge in [-0.15, -0.1) is 0 Å². The molecule has 0 aromatic heterocycles. The number of amides is 1. The van der Waals surface area contributed by atoms with Crippen molar-refractivity contribution in [1.82, 2.24) is 5.32 Å². The summed E-state index contributed by atoms with van der Waals surface area (Å²) in [6.07, 6.45) is 106. The third kappa shape index (κ3) is 77.0. The van der Waals surface area contributed by atoms with Crippen LogP contribution in [0.2, 0.25) is 0 Å². The highest BCUT2D eigenvalue weighted by atomic mass is 16.5. The zero-order valence-corrected chi connectivity index (χ0v) is 61.9. The van der Waals surface area contributed by atoms with Gasteiger partial charge in [0.1, 0.15) is 0 Å². The molecule has 0 aliphatic carbocycles. The Morgan fingerprint density at radius 2 is 0.549 bits per heavy atom. The first kappa shape index (κ1) is 89.1. The van der Waals surface area contributed by atoms with Crippen molar-refractivity contribution in [3.05, 3.63) is 36.5 Å². The van der Waals surface area contributed by atoms with Crippen molar-refractivity contribution in [2.24, 2.45) is 0 Å². The maximum atomic E-state index is 12.6. The number of rotatable bonds is 79. The zero-order chi connectivity index (χ0) is 65.6. The second kappa shape index (κ2) is 80.5. The molecule has 6 heteroatoms. The number of hydrogen-bond acceptors (Lipinski definition) is 5. The fraction of sp³-hybridized carbons (Fsp3) is 0.906. The van der Waals surface area contributed by atoms with E-state index in [1.165, 1.54) is 392 Å². The van der Waals surface area contributed by atoms with Crippen LogP contribution in [0.5, 0.6) is 0 Å². The quantitative estimate of drug-likeness (QED) is 0.0320. The maximum Gasteiger partial charge on any atom is 0.305 e. The molecule has 0 aromatic rings. The lowest BCUT2D eigenvalue weighted by Gasteiger charge is -2.20. The fourth-order valence-corrected chi connectivity index (χ4v) is 13.3. The molecule has 0 bridgehead atoms. The molecule has 0 saturated carbocycles. The zero-order valence-electron chi connectivity index (χ0n) is 61.9. The standard InChI is InChI=1S/C85H163NO5/c1-3-5-7-9-11-13-15-17-19-20-21-22-23-37-40-43-46-50-53-57-61-65-69-73-77-83(88)82(81-87)86-84(89)78-74-70-66-62-58-54-51-47-44-41-38-35-33-31-29-27-25-24-26-28-30-32-34-36-39-42-45-48-52-56-60-64-68-72-76-80-91-85(90)79-75-71-67-63-59-55-49-18-16-14-12-10-8-6-4-2/h12,14,18,49,73,77,82-83,87-88H,3-11,13,15-17,19-48,50-72,74-76,78-81H2,1-2H3,(H,86,89)/b14-12-,49-18-,77-73+. The van der Waals surface area contributed by atoms with Gasteiger partial charge in [-0.25, -0.2) is 0 Å². The van der Waals surface area contributed by atoms with Crippen LogP contribution in [0.25, 0.3) is 0 Å². The van der Waals surface area contributed by atoms with Gasteiger partial charge in [-0.3, -0.25) is 9.59 Å². The summed E-state index contributed by atoms with van der Waals surface area (Å²) in [6, 6.07) is -0.625. The summed E-state index contributed by atoms with van der Waals surface area (Å²) < 4.78 is 5.50. The average Bonchev–Trinajstić information content (AvgIpc) is 3.75. The van der Waals surface area contributed by atoms with Crippen LogP contribution >= 0.6 is 0 Å². The molecule has 91 heavy (non-hydrogen) atoms. The van der Waals surface area contributed by atoms with Gasteiger partial charge in [-0.2, -0.15) is 0 Å².